The van der Waals surface area contributed by atoms with Crippen LogP contribution in [0, 0.1) is 0 Å². The summed E-state index contributed by atoms with van der Waals surface area (Å²) in [6.45, 7) is 5.61. The fourth-order valence-electron chi connectivity index (χ4n) is 5.14. The Morgan fingerprint density at radius 2 is 2.11 bits per heavy atom. The van der Waals surface area contributed by atoms with Gasteiger partial charge < -0.3 is 20.3 Å². The largest absolute Gasteiger partial charge is 0.378 e. The standard InChI is InChI=1S/C26H31N5O4/c1-2-20(22-15-35-10-9-28-22)29-13-16-7-8-27-21(11-16)17-3-4-19-18(12-17)14-31(26(19)34)23-5-6-24(32)30-25(23)33/h3-4,7-8,11-12,20,22-23,28-29H,2,5-6,9-10,13-15H2,1H3,(H,30,32,33). The number of morpholine rings is 1. The van der Waals surface area contributed by atoms with Gasteiger partial charge in [-0.3, -0.25) is 24.7 Å². The molecule has 9 nitrogen and oxygen atoms in total. The van der Waals surface area contributed by atoms with Crippen molar-refractivity contribution in [3.63, 3.8) is 0 Å². The molecule has 2 aromatic rings. The average molecular weight is 478 g/mol. The maximum atomic E-state index is 13.0. The molecule has 0 bridgehead atoms. The maximum Gasteiger partial charge on any atom is 0.255 e. The molecule has 2 fully saturated rings. The molecule has 3 atom stereocenters. The molecular weight excluding hydrogens is 446 g/mol. The zero-order chi connectivity index (χ0) is 24.4. The summed E-state index contributed by atoms with van der Waals surface area (Å²) in [5, 5.41) is 9.52. The van der Waals surface area contributed by atoms with Crippen LogP contribution in [0.1, 0.15) is 47.7 Å². The van der Waals surface area contributed by atoms with Crippen LogP contribution in [0.4, 0.5) is 0 Å². The Balaban J connectivity index is 1.28. The Labute approximate surface area is 204 Å². The summed E-state index contributed by atoms with van der Waals surface area (Å²) in [5.41, 5.74) is 4.37. The first-order valence-corrected chi connectivity index (χ1v) is 12.3. The van der Waals surface area contributed by atoms with Crippen LogP contribution in [0.5, 0.6) is 0 Å². The van der Waals surface area contributed by atoms with Gasteiger partial charge in [0.15, 0.2) is 0 Å². The number of piperidine rings is 1. The summed E-state index contributed by atoms with van der Waals surface area (Å²) < 4.78 is 5.62. The Kier molecular flexibility index (Phi) is 6.90. The lowest BCUT2D eigenvalue weighted by atomic mass is 10.0. The lowest BCUT2D eigenvalue weighted by Gasteiger charge is -2.31. The van der Waals surface area contributed by atoms with Crippen LogP contribution in [0.3, 0.4) is 0 Å². The molecule has 3 unspecified atom stereocenters. The number of hydrogen-bond donors (Lipinski definition) is 3. The minimum atomic E-state index is -0.612. The molecule has 1 aromatic carbocycles. The molecule has 0 saturated carbocycles. The molecule has 3 amide bonds. The number of aromatic nitrogens is 1. The quantitative estimate of drug-likeness (QED) is 0.516. The number of imide groups is 1. The third kappa shape index (κ3) is 4.98. The van der Waals surface area contributed by atoms with E-state index in [4.69, 9.17) is 4.74 Å². The van der Waals surface area contributed by atoms with Gasteiger partial charge in [0.25, 0.3) is 5.91 Å². The first-order valence-electron chi connectivity index (χ1n) is 12.3. The summed E-state index contributed by atoms with van der Waals surface area (Å²) in [6.07, 6.45) is 3.41. The van der Waals surface area contributed by atoms with Gasteiger partial charge in [-0.25, -0.2) is 0 Å². The SMILES string of the molecule is CCC(NCc1ccnc(-c2ccc3c(c2)CN(C2CCC(=O)NC2=O)C3=O)c1)C1COCCN1. The van der Waals surface area contributed by atoms with Crippen LogP contribution < -0.4 is 16.0 Å². The van der Waals surface area contributed by atoms with E-state index in [1.807, 2.05) is 30.5 Å². The minimum Gasteiger partial charge on any atom is -0.378 e. The van der Waals surface area contributed by atoms with Crippen LogP contribution in [-0.4, -0.2) is 65.5 Å². The van der Waals surface area contributed by atoms with Crippen LogP contribution in [0.25, 0.3) is 11.3 Å². The highest BCUT2D eigenvalue weighted by molar-refractivity contribution is 6.05. The van der Waals surface area contributed by atoms with E-state index < -0.39 is 11.9 Å². The van der Waals surface area contributed by atoms with Gasteiger partial charge in [0.1, 0.15) is 6.04 Å². The van der Waals surface area contributed by atoms with Gasteiger partial charge in [0.05, 0.1) is 18.9 Å². The van der Waals surface area contributed by atoms with Gasteiger partial charge in [-0.2, -0.15) is 0 Å². The number of benzene rings is 1. The molecule has 5 rings (SSSR count). The lowest BCUT2D eigenvalue weighted by Crippen LogP contribution is -2.53. The van der Waals surface area contributed by atoms with Crippen molar-refractivity contribution in [1.82, 2.24) is 25.8 Å². The van der Waals surface area contributed by atoms with E-state index in [9.17, 15) is 14.4 Å². The summed E-state index contributed by atoms with van der Waals surface area (Å²) in [7, 11) is 0. The number of carbonyl (C=O) groups is 3. The zero-order valence-corrected chi connectivity index (χ0v) is 19.9. The highest BCUT2D eigenvalue weighted by atomic mass is 16.5. The van der Waals surface area contributed by atoms with Crippen molar-refractivity contribution >= 4 is 17.7 Å². The van der Waals surface area contributed by atoms with E-state index in [1.54, 1.807) is 4.90 Å². The predicted molar refractivity (Wildman–Crippen MR) is 129 cm³/mol. The number of fused-ring (bicyclic) bond motifs is 1. The molecule has 0 spiro atoms. The number of rotatable bonds is 7. The van der Waals surface area contributed by atoms with Crippen molar-refractivity contribution in [1.29, 1.82) is 0 Å². The van der Waals surface area contributed by atoms with E-state index >= 15 is 0 Å². The number of nitrogens with zero attached hydrogens (tertiary/aromatic N) is 2. The molecular formula is C26H31N5O4. The van der Waals surface area contributed by atoms with E-state index in [1.165, 1.54) is 0 Å². The molecule has 2 saturated heterocycles. The van der Waals surface area contributed by atoms with Crippen molar-refractivity contribution in [2.75, 3.05) is 19.8 Å². The first kappa shape index (κ1) is 23.6. The Bertz CT molecular complexity index is 1130. The fourth-order valence-corrected chi connectivity index (χ4v) is 5.14. The fraction of sp³-hybridized carbons (Fsp3) is 0.462. The number of carbonyl (C=O) groups excluding carboxylic acids is 3. The van der Waals surface area contributed by atoms with Crippen molar-refractivity contribution < 1.29 is 19.1 Å². The van der Waals surface area contributed by atoms with Crippen LogP contribution in [0.2, 0.25) is 0 Å². The maximum absolute atomic E-state index is 13.0. The lowest BCUT2D eigenvalue weighted by molar-refractivity contribution is -0.136. The minimum absolute atomic E-state index is 0.169. The number of ether oxygens (including phenoxy) is 1. The molecule has 9 heteroatoms. The molecule has 184 valence electrons. The molecule has 4 heterocycles. The van der Waals surface area contributed by atoms with E-state index in [2.05, 4.69) is 33.9 Å². The summed E-state index contributed by atoms with van der Waals surface area (Å²) in [6, 6.07) is 9.79. The second-order valence-electron chi connectivity index (χ2n) is 9.35. The smallest absolute Gasteiger partial charge is 0.255 e. The molecule has 3 aliphatic heterocycles. The topological polar surface area (TPSA) is 113 Å². The average Bonchev–Trinajstić information content (AvgIpc) is 3.20. The Morgan fingerprint density at radius 3 is 2.89 bits per heavy atom. The van der Waals surface area contributed by atoms with Crippen LogP contribution >= 0.6 is 0 Å². The van der Waals surface area contributed by atoms with E-state index in [-0.39, 0.29) is 18.2 Å². The van der Waals surface area contributed by atoms with E-state index in [0.717, 1.165) is 55.1 Å². The number of amides is 3. The van der Waals surface area contributed by atoms with E-state index in [0.29, 0.717) is 30.6 Å². The van der Waals surface area contributed by atoms with Gasteiger partial charge in [-0.1, -0.05) is 13.0 Å². The van der Waals surface area contributed by atoms with Gasteiger partial charge >= 0.3 is 0 Å². The third-order valence-electron chi connectivity index (χ3n) is 7.09. The predicted octanol–water partition coefficient (Wildman–Crippen LogP) is 1.37. The molecule has 1 aromatic heterocycles. The number of hydrogen-bond acceptors (Lipinski definition) is 7. The van der Waals surface area contributed by atoms with Crippen molar-refractivity contribution in [2.45, 2.75) is 57.4 Å². The second-order valence-corrected chi connectivity index (χ2v) is 9.35. The summed E-state index contributed by atoms with van der Waals surface area (Å²) in [5.74, 6) is -0.852. The summed E-state index contributed by atoms with van der Waals surface area (Å²) in [4.78, 5) is 42.9. The van der Waals surface area contributed by atoms with Crippen LogP contribution in [0.15, 0.2) is 36.5 Å². The highest BCUT2D eigenvalue weighted by Crippen LogP contribution is 2.31. The van der Waals surface area contributed by atoms with Gasteiger partial charge in [0.2, 0.25) is 11.8 Å². The first-order chi connectivity index (χ1) is 17.0. The van der Waals surface area contributed by atoms with Crippen molar-refractivity contribution in [3.8, 4) is 11.3 Å². The normalized spacial score (nSPS) is 23.2. The Hall–Kier alpha value is -3.14. The zero-order valence-electron chi connectivity index (χ0n) is 19.9. The molecule has 35 heavy (non-hydrogen) atoms. The molecule has 0 aliphatic carbocycles. The monoisotopic (exact) mass is 477 g/mol. The highest BCUT2D eigenvalue weighted by Gasteiger charge is 2.39. The van der Waals surface area contributed by atoms with Crippen LogP contribution in [-0.2, 0) is 27.4 Å². The second kappa shape index (κ2) is 10.2. The third-order valence-corrected chi connectivity index (χ3v) is 7.09. The summed E-state index contributed by atoms with van der Waals surface area (Å²) >= 11 is 0. The van der Waals surface area contributed by atoms with Crippen molar-refractivity contribution in [3.05, 3.63) is 53.2 Å². The Morgan fingerprint density at radius 1 is 1.23 bits per heavy atom. The molecule has 0 radical (unpaired) electrons. The number of pyridine rings is 1. The molecule has 3 aliphatic rings. The molecule has 3 N–H and O–H groups in total. The number of nitrogens with one attached hydrogen (secondary N) is 3. The van der Waals surface area contributed by atoms with Gasteiger partial charge in [0, 0.05) is 55.5 Å². The van der Waals surface area contributed by atoms with Gasteiger partial charge in [-0.05, 0) is 48.2 Å². The van der Waals surface area contributed by atoms with Gasteiger partial charge in [-0.15, -0.1) is 0 Å². The van der Waals surface area contributed by atoms with Crippen molar-refractivity contribution in [2.24, 2.45) is 0 Å².